The van der Waals surface area contributed by atoms with E-state index in [1.165, 1.54) is 16.7 Å². The summed E-state index contributed by atoms with van der Waals surface area (Å²) in [6.45, 7) is 0.413. The zero-order valence-corrected chi connectivity index (χ0v) is 15.4. The lowest BCUT2D eigenvalue weighted by atomic mass is 10.1. The summed E-state index contributed by atoms with van der Waals surface area (Å²) < 4.78 is 0. The molecule has 1 aromatic carbocycles. The average molecular weight is 368 g/mol. The third-order valence-corrected chi connectivity index (χ3v) is 5.07. The van der Waals surface area contributed by atoms with Crippen molar-refractivity contribution in [2.75, 3.05) is 19.3 Å². The molecule has 1 saturated carbocycles. The van der Waals surface area contributed by atoms with E-state index in [-0.39, 0.29) is 23.6 Å². The molecule has 0 unspecified atom stereocenters. The van der Waals surface area contributed by atoms with Crippen molar-refractivity contribution in [3.63, 3.8) is 0 Å². The van der Waals surface area contributed by atoms with Gasteiger partial charge in [-0.25, -0.2) is 4.98 Å². The molecule has 1 N–H and O–H groups in total. The van der Waals surface area contributed by atoms with Crippen LogP contribution in [-0.4, -0.2) is 47.1 Å². The fourth-order valence-corrected chi connectivity index (χ4v) is 3.35. The standard InChI is InChI=1S/C19H20N4O2S/c1-23(10-4-9-20)18(24)12-26-17-11-15(19(25)21-13-7-8-13)14-5-2-3-6-16(14)22-17/h2-3,5-6,11,13H,4,7-8,10,12H2,1H3,(H,21,25). The molecule has 1 aliphatic carbocycles. The van der Waals surface area contributed by atoms with Crippen molar-refractivity contribution in [1.29, 1.82) is 5.26 Å². The lowest BCUT2D eigenvalue weighted by molar-refractivity contribution is -0.127. The number of nitrogens with zero attached hydrogens (tertiary/aromatic N) is 3. The quantitative estimate of drug-likeness (QED) is 0.759. The number of thioether (sulfide) groups is 1. The zero-order valence-electron chi connectivity index (χ0n) is 14.6. The molecule has 0 bridgehead atoms. The number of rotatable bonds is 7. The number of aromatic nitrogens is 1. The van der Waals surface area contributed by atoms with Crippen molar-refractivity contribution in [2.45, 2.75) is 30.3 Å². The average Bonchev–Trinajstić information content (AvgIpc) is 3.47. The molecule has 1 aromatic heterocycles. The van der Waals surface area contributed by atoms with Gasteiger partial charge in [-0.15, -0.1) is 0 Å². The summed E-state index contributed by atoms with van der Waals surface area (Å²) in [5, 5.41) is 13.1. The number of pyridine rings is 1. The SMILES string of the molecule is CN(CCC#N)C(=O)CSc1cc(C(=O)NC2CC2)c2ccccc2n1. The first kappa shape index (κ1) is 18.2. The Kier molecular flexibility index (Phi) is 5.74. The summed E-state index contributed by atoms with van der Waals surface area (Å²) in [6, 6.07) is 11.6. The lowest BCUT2D eigenvalue weighted by Crippen LogP contribution is -2.29. The van der Waals surface area contributed by atoms with Crippen molar-refractivity contribution < 1.29 is 9.59 Å². The highest BCUT2D eigenvalue weighted by Crippen LogP contribution is 2.26. The zero-order chi connectivity index (χ0) is 18.5. The van der Waals surface area contributed by atoms with Crippen LogP contribution >= 0.6 is 11.8 Å². The number of carbonyl (C=O) groups is 2. The van der Waals surface area contributed by atoms with Crippen LogP contribution < -0.4 is 5.32 Å². The highest BCUT2D eigenvalue weighted by molar-refractivity contribution is 7.99. The van der Waals surface area contributed by atoms with Crippen molar-refractivity contribution >= 4 is 34.5 Å². The maximum atomic E-state index is 12.6. The second kappa shape index (κ2) is 8.19. The van der Waals surface area contributed by atoms with Gasteiger partial charge in [0.2, 0.25) is 5.91 Å². The number of benzene rings is 1. The molecule has 3 rings (SSSR count). The van der Waals surface area contributed by atoms with Crippen LogP contribution in [0, 0.1) is 11.3 Å². The van der Waals surface area contributed by atoms with Crippen molar-refractivity contribution in [3.8, 4) is 6.07 Å². The van der Waals surface area contributed by atoms with E-state index >= 15 is 0 Å². The highest BCUT2D eigenvalue weighted by Gasteiger charge is 2.25. The number of hydrogen-bond donors (Lipinski definition) is 1. The van der Waals surface area contributed by atoms with Gasteiger partial charge in [0.25, 0.3) is 5.91 Å². The summed E-state index contributed by atoms with van der Waals surface area (Å²) in [5.41, 5.74) is 1.33. The van der Waals surface area contributed by atoms with Gasteiger partial charge in [0, 0.05) is 25.0 Å². The monoisotopic (exact) mass is 368 g/mol. The Hall–Kier alpha value is -2.59. The molecule has 2 aromatic rings. The van der Waals surface area contributed by atoms with Crippen LogP contribution in [0.15, 0.2) is 35.4 Å². The second-order valence-corrected chi connectivity index (χ2v) is 7.28. The number of nitriles is 1. The summed E-state index contributed by atoms with van der Waals surface area (Å²) >= 11 is 1.31. The van der Waals surface area contributed by atoms with Crippen molar-refractivity contribution in [1.82, 2.24) is 15.2 Å². The Balaban J connectivity index is 1.77. The molecular formula is C19H20N4O2S. The molecule has 7 heteroatoms. The number of hydrogen-bond acceptors (Lipinski definition) is 5. The fraction of sp³-hybridized carbons (Fsp3) is 0.368. The normalized spacial score (nSPS) is 13.2. The molecule has 0 atom stereocenters. The minimum absolute atomic E-state index is 0.0656. The summed E-state index contributed by atoms with van der Waals surface area (Å²) in [6.07, 6.45) is 2.37. The van der Waals surface area contributed by atoms with E-state index in [2.05, 4.69) is 10.3 Å². The Morgan fingerprint density at radius 2 is 2.15 bits per heavy atom. The minimum Gasteiger partial charge on any atom is -0.349 e. The van der Waals surface area contributed by atoms with Gasteiger partial charge >= 0.3 is 0 Å². The molecule has 1 aliphatic rings. The molecule has 0 aliphatic heterocycles. The van der Waals surface area contributed by atoms with Gasteiger partial charge in [-0.3, -0.25) is 9.59 Å². The lowest BCUT2D eigenvalue weighted by Gasteiger charge is -2.15. The van der Waals surface area contributed by atoms with Crippen molar-refractivity contribution in [2.24, 2.45) is 0 Å². The van der Waals surface area contributed by atoms with E-state index < -0.39 is 0 Å². The molecule has 0 saturated heterocycles. The van der Waals surface area contributed by atoms with E-state index in [1.807, 2.05) is 30.3 Å². The fourth-order valence-electron chi connectivity index (χ4n) is 2.49. The predicted molar refractivity (Wildman–Crippen MR) is 101 cm³/mol. The van der Waals surface area contributed by atoms with Gasteiger partial charge in [0.15, 0.2) is 0 Å². The van der Waals surface area contributed by atoms with E-state index in [0.717, 1.165) is 23.7 Å². The van der Waals surface area contributed by atoms with Gasteiger partial charge in [0.1, 0.15) is 0 Å². The number of amides is 2. The summed E-state index contributed by atoms with van der Waals surface area (Å²) in [7, 11) is 1.68. The van der Waals surface area contributed by atoms with Gasteiger partial charge in [-0.1, -0.05) is 30.0 Å². The van der Waals surface area contributed by atoms with E-state index in [9.17, 15) is 9.59 Å². The van der Waals surface area contributed by atoms with E-state index in [0.29, 0.717) is 23.6 Å². The van der Waals surface area contributed by atoms with Crippen LogP contribution in [0.1, 0.15) is 29.6 Å². The first-order chi connectivity index (χ1) is 12.6. The first-order valence-corrected chi connectivity index (χ1v) is 9.51. The topological polar surface area (TPSA) is 86.1 Å². The molecule has 1 fully saturated rings. The maximum Gasteiger partial charge on any atom is 0.252 e. The third-order valence-electron chi connectivity index (χ3n) is 4.18. The smallest absolute Gasteiger partial charge is 0.252 e. The highest BCUT2D eigenvalue weighted by atomic mass is 32.2. The Morgan fingerprint density at radius 3 is 2.88 bits per heavy atom. The van der Waals surface area contributed by atoms with Gasteiger partial charge in [0.05, 0.1) is 34.3 Å². The maximum absolute atomic E-state index is 12.6. The van der Waals surface area contributed by atoms with Crippen LogP contribution in [-0.2, 0) is 4.79 Å². The minimum atomic E-state index is -0.0922. The van der Waals surface area contributed by atoms with Crippen LogP contribution in [0.2, 0.25) is 0 Å². The van der Waals surface area contributed by atoms with Gasteiger partial charge < -0.3 is 10.2 Å². The second-order valence-electron chi connectivity index (χ2n) is 6.29. The molecule has 2 amide bonds. The van der Waals surface area contributed by atoms with Gasteiger partial charge in [-0.2, -0.15) is 5.26 Å². The van der Waals surface area contributed by atoms with Crippen LogP contribution in [0.4, 0.5) is 0 Å². The Bertz CT molecular complexity index is 873. The van der Waals surface area contributed by atoms with E-state index in [4.69, 9.17) is 5.26 Å². The molecule has 26 heavy (non-hydrogen) atoms. The Labute approximate surface area is 156 Å². The molecule has 6 nitrogen and oxygen atoms in total. The number of fused-ring (bicyclic) bond motifs is 1. The predicted octanol–water partition coefficient (Wildman–Crippen LogP) is 2.59. The number of carbonyl (C=O) groups excluding carboxylic acids is 2. The molecule has 0 radical (unpaired) electrons. The molecular weight excluding hydrogens is 348 g/mol. The first-order valence-electron chi connectivity index (χ1n) is 8.53. The largest absolute Gasteiger partial charge is 0.349 e. The number of para-hydroxylation sites is 1. The molecule has 0 spiro atoms. The van der Waals surface area contributed by atoms with Crippen molar-refractivity contribution in [3.05, 3.63) is 35.9 Å². The molecule has 1 heterocycles. The summed E-state index contributed by atoms with van der Waals surface area (Å²) in [4.78, 5) is 30.8. The van der Waals surface area contributed by atoms with Gasteiger partial charge in [-0.05, 0) is 25.0 Å². The van der Waals surface area contributed by atoms with Crippen LogP contribution in [0.25, 0.3) is 10.9 Å². The number of nitrogens with one attached hydrogen (secondary N) is 1. The summed E-state index contributed by atoms with van der Waals surface area (Å²) in [5.74, 6) is 0.0614. The third kappa shape index (κ3) is 4.52. The van der Waals surface area contributed by atoms with E-state index in [1.54, 1.807) is 13.1 Å². The van der Waals surface area contributed by atoms with Crippen LogP contribution in [0.3, 0.4) is 0 Å². The van der Waals surface area contributed by atoms with Crippen LogP contribution in [0.5, 0.6) is 0 Å². The molecule has 134 valence electrons. The Morgan fingerprint density at radius 1 is 1.38 bits per heavy atom.